The molecule has 324 valence electrons. The van der Waals surface area contributed by atoms with Gasteiger partial charge in [-0.2, -0.15) is 5.10 Å². The Balaban J connectivity index is 1.25. The second-order valence-corrected chi connectivity index (χ2v) is 17.3. The van der Waals surface area contributed by atoms with Gasteiger partial charge in [-0.1, -0.05) is 19.1 Å². The fourth-order valence-electron chi connectivity index (χ4n) is 8.07. The number of nitrogens with one attached hydrogen (secondary N) is 2. The van der Waals surface area contributed by atoms with E-state index in [0.29, 0.717) is 82.2 Å². The van der Waals surface area contributed by atoms with E-state index in [4.69, 9.17) is 31.3 Å². The van der Waals surface area contributed by atoms with E-state index in [2.05, 4.69) is 32.5 Å². The van der Waals surface area contributed by atoms with Crippen molar-refractivity contribution < 1.29 is 23.9 Å². The van der Waals surface area contributed by atoms with E-state index in [1.807, 2.05) is 54.4 Å². The van der Waals surface area contributed by atoms with Crippen molar-refractivity contribution in [3.05, 3.63) is 80.6 Å². The van der Waals surface area contributed by atoms with Crippen LogP contribution in [0.3, 0.4) is 0 Å². The van der Waals surface area contributed by atoms with Gasteiger partial charge in [-0.05, 0) is 70.3 Å². The quantitative estimate of drug-likeness (QED) is 0.127. The maximum Gasteiger partial charge on any atom is 0.276 e. The second kappa shape index (κ2) is 17.7. The predicted molar refractivity (Wildman–Crippen MR) is 239 cm³/mol. The molecule has 0 aliphatic carbocycles. The molecular formula is C42H49N13O5S2. The third kappa shape index (κ3) is 8.29. The van der Waals surface area contributed by atoms with Crippen LogP contribution in [0.5, 0.6) is 5.75 Å². The van der Waals surface area contributed by atoms with Crippen molar-refractivity contribution in [2.45, 2.75) is 64.2 Å². The number of piperazine rings is 1. The van der Waals surface area contributed by atoms with E-state index in [1.54, 1.807) is 28.9 Å². The van der Waals surface area contributed by atoms with Gasteiger partial charge in [0.15, 0.2) is 0 Å². The highest BCUT2D eigenvalue weighted by Crippen LogP contribution is 2.34. The zero-order valence-corrected chi connectivity index (χ0v) is 36.9. The molecule has 0 radical (unpaired) electrons. The van der Waals surface area contributed by atoms with Crippen molar-refractivity contribution in [2.24, 2.45) is 11.5 Å². The molecule has 6 N–H and O–H groups in total. The summed E-state index contributed by atoms with van der Waals surface area (Å²) in [5.41, 5.74) is 16.1. The lowest BCUT2D eigenvalue weighted by molar-refractivity contribution is 0.0886. The average Bonchev–Trinajstić information content (AvgIpc) is 4.03. The Bertz CT molecular complexity index is 2770. The summed E-state index contributed by atoms with van der Waals surface area (Å²) in [6.45, 7) is 10.1. The van der Waals surface area contributed by atoms with Crippen LogP contribution < -0.4 is 26.8 Å². The monoisotopic (exact) mass is 879 g/mol. The Morgan fingerprint density at radius 1 is 0.952 bits per heavy atom. The minimum absolute atomic E-state index is 0.0682. The standard InChI is InChI=1S/C42H49N13O5S2/c1-6-26-36(62-23(3)45-26)40(59)49-42-46-28-17-24(37(43)56)19-32-34(28)53(42)12-8-9-13-54-35-29(18-25(38(44)57)20-33(35)61-5)47-41(54)48-39(58)30-21-27(50-55(30)7-2)31-22-52(11-10-16-60-32)15-14-51(31)4/h8-9,17-21,31H,6-7,10-16,22H2,1-5H3,(H2,43,56)(H2,44,57)(H,46,49,59)(H,47,48,58)/b9-8+. The number of carbonyl (C=O) groups is 4. The smallest absolute Gasteiger partial charge is 0.276 e. The summed E-state index contributed by atoms with van der Waals surface area (Å²) in [4.78, 5) is 73.2. The van der Waals surface area contributed by atoms with Crippen LogP contribution in [0.1, 0.15) is 83.6 Å². The maximum atomic E-state index is 14.2. The fraction of sp³-hybridized carbons (Fsp3) is 0.381. The first kappa shape index (κ1) is 42.6. The molecule has 2 aliphatic rings. The Kier molecular flexibility index (Phi) is 12.2. The molecule has 6 aromatic rings. The number of allylic oxidation sites excluding steroid dienone is 2. The molecule has 2 atom stereocenters. The van der Waals surface area contributed by atoms with Crippen molar-refractivity contribution in [2.75, 3.05) is 56.7 Å². The number of carbonyl (C=O) groups excluding carboxylic acids is 4. The number of primary amides is 2. The van der Waals surface area contributed by atoms with E-state index < -0.39 is 11.8 Å². The predicted octanol–water partition coefficient (Wildman–Crippen LogP) is 4.68. The molecule has 20 heteroatoms. The van der Waals surface area contributed by atoms with Gasteiger partial charge in [0, 0.05) is 61.8 Å². The number of aryl methyl sites for hydroxylation is 3. The third-order valence-electron chi connectivity index (χ3n) is 11.2. The number of imidazole rings is 2. The van der Waals surface area contributed by atoms with Crippen molar-refractivity contribution in [1.82, 2.24) is 43.7 Å². The highest BCUT2D eigenvalue weighted by molar-refractivity contribution is 7.98. The zero-order chi connectivity index (χ0) is 43.8. The van der Waals surface area contributed by atoms with Crippen LogP contribution in [0.4, 0.5) is 11.9 Å². The number of hydrogen-bond donors (Lipinski definition) is 4. The number of hydrogen-bond acceptors (Lipinski definition) is 13. The Morgan fingerprint density at radius 2 is 1.68 bits per heavy atom. The van der Waals surface area contributed by atoms with Crippen molar-refractivity contribution >= 4 is 80.7 Å². The van der Waals surface area contributed by atoms with E-state index in [9.17, 15) is 19.2 Å². The van der Waals surface area contributed by atoms with Gasteiger partial charge in [-0.3, -0.25) is 44.3 Å². The molecular weight excluding hydrogens is 831 g/mol. The normalized spacial score (nSPS) is 18.1. The topological polar surface area (TPSA) is 226 Å². The molecule has 1 fully saturated rings. The number of aromatic nitrogens is 7. The number of ether oxygens (including phenoxy) is 1. The number of benzene rings is 2. The Hall–Kier alpha value is -6.09. The number of thiazole rings is 1. The molecule has 6 heterocycles. The van der Waals surface area contributed by atoms with Crippen molar-refractivity contribution in [3.8, 4) is 5.75 Å². The molecule has 8 rings (SSSR count). The van der Waals surface area contributed by atoms with Gasteiger partial charge in [0.25, 0.3) is 11.8 Å². The van der Waals surface area contributed by atoms with E-state index in [0.717, 1.165) is 35.2 Å². The molecule has 0 saturated carbocycles. The van der Waals surface area contributed by atoms with Crippen molar-refractivity contribution in [3.63, 3.8) is 0 Å². The number of nitrogens with zero attached hydrogens (tertiary/aromatic N) is 9. The molecule has 2 unspecified atom stereocenters. The third-order valence-corrected chi connectivity index (χ3v) is 13.0. The minimum Gasteiger partial charge on any atom is -0.491 e. The number of nitrogens with two attached hydrogens (primary N) is 2. The first-order valence-corrected chi connectivity index (χ1v) is 22.5. The van der Waals surface area contributed by atoms with Gasteiger partial charge in [-0.15, -0.1) is 23.1 Å². The van der Waals surface area contributed by atoms with Gasteiger partial charge in [0.2, 0.25) is 23.7 Å². The lowest BCUT2D eigenvalue weighted by Crippen LogP contribution is -2.47. The van der Waals surface area contributed by atoms with E-state index in [1.165, 1.54) is 23.1 Å². The van der Waals surface area contributed by atoms with Crippen LogP contribution >= 0.6 is 23.1 Å². The van der Waals surface area contributed by atoms with Gasteiger partial charge >= 0.3 is 0 Å². The lowest BCUT2D eigenvalue weighted by atomic mass is 10.1. The lowest BCUT2D eigenvalue weighted by Gasteiger charge is -2.38. The van der Waals surface area contributed by atoms with Crippen LogP contribution in [0.25, 0.3) is 22.1 Å². The van der Waals surface area contributed by atoms with Gasteiger partial charge < -0.3 is 25.3 Å². The van der Waals surface area contributed by atoms with Crippen LogP contribution in [0.2, 0.25) is 0 Å². The number of likely N-dealkylation sites (N-methyl/N-ethyl adjacent to an activating group) is 1. The van der Waals surface area contributed by atoms with Crippen LogP contribution in [-0.4, -0.2) is 113 Å². The second-order valence-electron chi connectivity index (χ2n) is 15.2. The zero-order valence-electron chi connectivity index (χ0n) is 35.2. The minimum atomic E-state index is -0.637. The fourth-order valence-corrected chi connectivity index (χ4v) is 9.63. The molecule has 1 saturated heterocycles. The molecule has 2 aliphatic heterocycles. The number of thioether (sulfide) groups is 1. The number of anilines is 2. The molecule has 4 bridgehead atoms. The highest BCUT2D eigenvalue weighted by atomic mass is 32.2. The summed E-state index contributed by atoms with van der Waals surface area (Å²) in [7, 11) is 2.06. The van der Waals surface area contributed by atoms with E-state index >= 15 is 0 Å². The molecule has 4 amide bonds. The summed E-state index contributed by atoms with van der Waals surface area (Å²) >= 11 is 2.74. The molecule has 2 aromatic carbocycles. The van der Waals surface area contributed by atoms with Crippen molar-refractivity contribution in [1.29, 1.82) is 0 Å². The van der Waals surface area contributed by atoms with Gasteiger partial charge in [-0.25, -0.2) is 15.0 Å². The average molecular weight is 880 g/mol. The van der Waals surface area contributed by atoms with Crippen LogP contribution in [-0.2, 0) is 26.1 Å². The molecule has 0 spiro atoms. The van der Waals surface area contributed by atoms with Crippen LogP contribution in [0, 0.1) is 6.92 Å². The first-order chi connectivity index (χ1) is 29.9. The molecule has 62 heavy (non-hydrogen) atoms. The summed E-state index contributed by atoms with van der Waals surface area (Å²) in [6.07, 6.45) is 6.98. The highest BCUT2D eigenvalue weighted by Gasteiger charge is 2.30. The SMILES string of the molecule is CCc1nc(C)sc1C(=O)Nc1nc2cc(C(N)=O)cc3c2n1C/C=C/Cn1c(nc2cc(C(N)=O)cc(SC)c21)NC(=O)c1cc(nn1CC)C1CN(CCCO3)CCN1C. The molecule has 4 aromatic heterocycles. The summed E-state index contributed by atoms with van der Waals surface area (Å²) < 4.78 is 11.9. The molecule has 18 nitrogen and oxygen atoms in total. The maximum absolute atomic E-state index is 14.2. The number of amides is 4. The number of fused-ring (bicyclic) bond motifs is 8. The summed E-state index contributed by atoms with van der Waals surface area (Å²) in [5, 5.41) is 11.8. The largest absolute Gasteiger partial charge is 0.491 e. The first-order valence-electron chi connectivity index (χ1n) is 20.5. The van der Waals surface area contributed by atoms with Gasteiger partial charge in [0.05, 0.1) is 45.6 Å². The van der Waals surface area contributed by atoms with Gasteiger partial charge in [0.1, 0.15) is 21.8 Å². The summed E-state index contributed by atoms with van der Waals surface area (Å²) in [5.74, 6) is -1.04. The number of rotatable bonds is 7. The van der Waals surface area contributed by atoms with Crippen LogP contribution in [0.15, 0.2) is 47.4 Å². The Morgan fingerprint density at radius 3 is 2.39 bits per heavy atom. The Labute approximate surface area is 365 Å². The van der Waals surface area contributed by atoms with E-state index in [-0.39, 0.29) is 48.4 Å². The summed E-state index contributed by atoms with van der Waals surface area (Å²) in [6, 6.07) is 8.36.